The van der Waals surface area contributed by atoms with Crippen LogP contribution in [0.25, 0.3) is 11.0 Å². The van der Waals surface area contributed by atoms with Gasteiger partial charge in [-0.2, -0.15) is 11.8 Å². The highest BCUT2D eigenvalue weighted by molar-refractivity contribution is 7.99. The average Bonchev–Trinajstić information content (AvgIpc) is 2.57. The summed E-state index contributed by atoms with van der Waals surface area (Å²) in [5.41, 5.74) is 6.25. The number of anilines is 1. The number of halogens is 2. The van der Waals surface area contributed by atoms with E-state index in [1.165, 1.54) is 6.07 Å². The summed E-state index contributed by atoms with van der Waals surface area (Å²) >= 11 is 1.66. The zero-order valence-corrected chi connectivity index (χ0v) is 10.4. The molecule has 0 aliphatic rings. The molecule has 2 aromatic rings. The Morgan fingerprint density at radius 2 is 2.18 bits per heavy atom. The van der Waals surface area contributed by atoms with Crippen LogP contribution >= 0.6 is 11.8 Å². The van der Waals surface area contributed by atoms with Crippen molar-refractivity contribution >= 4 is 28.7 Å². The van der Waals surface area contributed by atoms with Gasteiger partial charge in [-0.15, -0.1) is 0 Å². The zero-order chi connectivity index (χ0) is 12.6. The third kappa shape index (κ3) is 2.22. The molecular formula is C11H13F2N3S. The van der Waals surface area contributed by atoms with Gasteiger partial charge in [0, 0.05) is 23.9 Å². The number of thioether (sulfide) groups is 1. The second kappa shape index (κ2) is 4.52. The third-order valence-corrected chi connectivity index (χ3v) is 3.60. The van der Waals surface area contributed by atoms with Crippen LogP contribution in [0.15, 0.2) is 12.1 Å². The normalized spacial score (nSPS) is 13.2. The van der Waals surface area contributed by atoms with E-state index in [0.29, 0.717) is 17.3 Å². The van der Waals surface area contributed by atoms with Crippen molar-refractivity contribution in [3.8, 4) is 0 Å². The van der Waals surface area contributed by atoms with Crippen LogP contribution in [-0.2, 0) is 6.54 Å². The fourth-order valence-corrected chi connectivity index (χ4v) is 1.99. The van der Waals surface area contributed by atoms with Crippen LogP contribution in [-0.4, -0.2) is 21.1 Å². The fraction of sp³-hybridized carbons (Fsp3) is 0.364. The predicted molar refractivity (Wildman–Crippen MR) is 67.0 cm³/mol. The van der Waals surface area contributed by atoms with Gasteiger partial charge < -0.3 is 10.3 Å². The smallest absolute Gasteiger partial charge is 0.201 e. The quantitative estimate of drug-likeness (QED) is 0.919. The van der Waals surface area contributed by atoms with Gasteiger partial charge in [-0.25, -0.2) is 13.8 Å². The van der Waals surface area contributed by atoms with Gasteiger partial charge in [-0.05, 0) is 6.26 Å². The Labute approximate surface area is 102 Å². The van der Waals surface area contributed by atoms with Gasteiger partial charge in [0.15, 0.2) is 5.82 Å². The highest BCUT2D eigenvalue weighted by Gasteiger charge is 2.15. The minimum atomic E-state index is -0.678. The Balaban J connectivity index is 2.58. The molecule has 6 heteroatoms. The van der Waals surface area contributed by atoms with Crippen molar-refractivity contribution in [2.75, 3.05) is 12.0 Å². The molecule has 0 aliphatic carbocycles. The second-order valence-corrected chi connectivity index (χ2v) is 5.16. The molecule has 0 amide bonds. The molecule has 1 aromatic carbocycles. The van der Waals surface area contributed by atoms with Gasteiger partial charge in [0.05, 0.1) is 5.52 Å². The lowest BCUT2D eigenvalue weighted by Crippen LogP contribution is -2.11. The summed E-state index contributed by atoms with van der Waals surface area (Å²) < 4.78 is 28.3. The number of nitrogens with two attached hydrogens (primary N) is 1. The molecule has 17 heavy (non-hydrogen) atoms. The Bertz CT molecular complexity index is 553. The molecule has 0 bridgehead atoms. The van der Waals surface area contributed by atoms with Crippen molar-refractivity contribution in [3.63, 3.8) is 0 Å². The highest BCUT2D eigenvalue weighted by Crippen LogP contribution is 2.23. The monoisotopic (exact) mass is 257 g/mol. The van der Waals surface area contributed by atoms with Crippen LogP contribution in [0.2, 0.25) is 0 Å². The third-order valence-electron chi connectivity index (χ3n) is 2.64. The minimum Gasteiger partial charge on any atom is -0.369 e. The number of nitrogens with zero attached hydrogens (tertiary/aromatic N) is 2. The SMILES string of the molecule is CSC(C)Cn1c(N)nc2c(F)cc(F)cc21. The number of nitrogen functional groups attached to an aromatic ring is 1. The van der Waals surface area contributed by atoms with E-state index in [9.17, 15) is 8.78 Å². The maximum Gasteiger partial charge on any atom is 0.201 e. The first-order valence-corrected chi connectivity index (χ1v) is 6.45. The largest absolute Gasteiger partial charge is 0.369 e. The van der Waals surface area contributed by atoms with Crippen molar-refractivity contribution in [1.29, 1.82) is 0 Å². The summed E-state index contributed by atoms with van der Waals surface area (Å²) in [5.74, 6) is -1.08. The van der Waals surface area contributed by atoms with E-state index in [1.54, 1.807) is 16.3 Å². The molecule has 3 nitrogen and oxygen atoms in total. The van der Waals surface area contributed by atoms with Gasteiger partial charge in [0.1, 0.15) is 11.3 Å². The number of benzene rings is 1. The van der Waals surface area contributed by atoms with E-state index in [-0.39, 0.29) is 11.5 Å². The van der Waals surface area contributed by atoms with Gasteiger partial charge in [-0.3, -0.25) is 0 Å². The number of aromatic nitrogens is 2. The molecule has 1 unspecified atom stereocenters. The lowest BCUT2D eigenvalue weighted by molar-refractivity contribution is 0.589. The maximum absolute atomic E-state index is 13.5. The number of hydrogen-bond donors (Lipinski definition) is 1. The summed E-state index contributed by atoms with van der Waals surface area (Å²) in [5, 5.41) is 0.293. The first kappa shape index (κ1) is 12.2. The summed E-state index contributed by atoms with van der Waals surface area (Å²) in [4.78, 5) is 3.93. The highest BCUT2D eigenvalue weighted by atomic mass is 32.2. The summed E-state index contributed by atoms with van der Waals surface area (Å²) in [6.45, 7) is 2.60. The molecule has 1 heterocycles. The Hall–Kier alpha value is -1.30. The molecule has 2 rings (SSSR count). The first-order valence-electron chi connectivity index (χ1n) is 5.16. The Morgan fingerprint density at radius 3 is 2.82 bits per heavy atom. The lowest BCUT2D eigenvalue weighted by Gasteiger charge is -2.11. The minimum absolute atomic E-state index is 0.122. The van der Waals surface area contributed by atoms with E-state index >= 15 is 0 Å². The van der Waals surface area contributed by atoms with Crippen LogP contribution in [0.5, 0.6) is 0 Å². The van der Waals surface area contributed by atoms with Crippen molar-refractivity contribution in [3.05, 3.63) is 23.8 Å². The first-order chi connectivity index (χ1) is 8.02. The number of fused-ring (bicyclic) bond motifs is 1. The molecule has 0 saturated carbocycles. The standard InChI is InChI=1S/C11H13F2N3S/c1-6(17-2)5-16-9-4-7(12)3-8(13)10(9)15-11(16)14/h3-4,6H,5H2,1-2H3,(H2,14,15). The van der Waals surface area contributed by atoms with Crippen molar-refractivity contribution in [2.45, 2.75) is 18.7 Å². The number of imidazole rings is 1. The molecule has 0 radical (unpaired) electrons. The second-order valence-electron chi connectivity index (χ2n) is 3.88. The molecule has 92 valence electrons. The van der Waals surface area contributed by atoms with Crippen LogP contribution in [0.1, 0.15) is 6.92 Å². The van der Waals surface area contributed by atoms with Crippen molar-refractivity contribution < 1.29 is 8.78 Å². The van der Waals surface area contributed by atoms with Gasteiger partial charge in [0.2, 0.25) is 5.95 Å². The molecule has 1 aromatic heterocycles. The molecule has 1 atom stereocenters. The molecule has 0 saturated heterocycles. The average molecular weight is 257 g/mol. The van der Waals surface area contributed by atoms with Crippen molar-refractivity contribution in [2.24, 2.45) is 0 Å². The summed E-state index contributed by atoms with van der Waals surface area (Å²) in [6, 6.07) is 2.08. The Morgan fingerprint density at radius 1 is 1.47 bits per heavy atom. The van der Waals surface area contributed by atoms with Gasteiger partial charge >= 0.3 is 0 Å². The fourth-order valence-electron chi connectivity index (χ4n) is 1.69. The summed E-state index contributed by atoms with van der Waals surface area (Å²) in [6.07, 6.45) is 1.97. The topological polar surface area (TPSA) is 43.8 Å². The molecular weight excluding hydrogens is 244 g/mol. The summed E-state index contributed by atoms with van der Waals surface area (Å²) in [7, 11) is 0. The van der Waals surface area contributed by atoms with Crippen LogP contribution < -0.4 is 5.73 Å². The van der Waals surface area contributed by atoms with E-state index < -0.39 is 11.6 Å². The van der Waals surface area contributed by atoms with E-state index in [4.69, 9.17) is 5.73 Å². The zero-order valence-electron chi connectivity index (χ0n) is 9.58. The predicted octanol–water partition coefficient (Wildman–Crippen LogP) is 2.65. The van der Waals surface area contributed by atoms with E-state index in [1.807, 2.05) is 13.2 Å². The van der Waals surface area contributed by atoms with Crippen LogP contribution in [0.3, 0.4) is 0 Å². The van der Waals surface area contributed by atoms with Crippen molar-refractivity contribution in [1.82, 2.24) is 9.55 Å². The van der Waals surface area contributed by atoms with Crippen LogP contribution in [0, 0.1) is 11.6 Å². The van der Waals surface area contributed by atoms with E-state index in [2.05, 4.69) is 4.98 Å². The Kier molecular flexibility index (Phi) is 3.24. The molecule has 0 spiro atoms. The van der Waals surface area contributed by atoms with Crippen LogP contribution in [0.4, 0.5) is 14.7 Å². The van der Waals surface area contributed by atoms with E-state index in [0.717, 1.165) is 6.07 Å². The molecule has 0 aliphatic heterocycles. The molecule has 0 fully saturated rings. The number of rotatable bonds is 3. The number of hydrogen-bond acceptors (Lipinski definition) is 3. The maximum atomic E-state index is 13.5. The molecule has 2 N–H and O–H groups in total. The lowest BCUT2D eigenvalue weighted by atomic mass is 10.3. The van der Waals surface area contributed by atoms with Gasteiger partial charge in [-0.1, -0.05) is 6.92 Å². The van der Waals surface area contributed by atoms with Gasteiger partial charge in [0.25, 0.3) is 0 Å².